The van der Waals surface area contributed by atoms with Gasteiger partial charge < -0.3 is 4.74 Å². The molecule has 1 unspecified atom stereocenters. The quantitative estimate of drug-likeness (QED) is 0.492. The fourth-order valence-corrected chi connectivity index (χ4v) is 0.896. The molecule has 5 nitrogen and oxygen atoms in total. The lowest BCUT2D eigenvalue weighted by Crippen LogP contribution is -2.37. The molecule has 0 spiro atoms. The predicted molar refractivity (Wildman–Crippen MR) is 44.9 cm³/mol. The average molecular weight is 183 g/mol. The zero-order chi connectivity index (χ0) is 9.68. The second-order valence-corrected chi connectivity index (χ2v) is 2.67. The lowest BCUT2D eigenvalue weighted by atomic mass is 10.1. The Morgan fingerprint density at radius 2 is 2.62 bits per heavy atom. The molecule has 0 aromatic carbocycles. The summed E-state index contributed by atoms with van der Waals surface area (Å²) in [5.74, 6) is -1.69. The molecule has 0 bridgehead atoms. The molecule has 1 heterocycles. The predicted octanol–water partition coefficient (Wildman–Crippen LogP) is -0.0615. The molecular weight excluding hydrogens is 172 g/mol. The van der Waals surface area contributed by atoms with Crippen molar-refractivity contribution >= 4 is 18.1 Å². The maximum Gasteiger partial charge on any atom is 0.318 e. The number of carbonyl (C=O) groups is 2. The van der Waals surface area contributed by atoms with Crippen molar-refractivity contribution in [3.05, 3.63) is 0 Å². The van der Waals surface area contributed by atoms with Crippen molar-refractivity contribution in [2.75, 3.05) is 6.61 Å². The molecule has 0 saturated carbocycles. The smallest absolute Gasteiger partial charge is 0.318 e. The summed E-state index contributed by atoms with van der Waals surface area (Å²) in [6.07, 6.45) is 3.47. The van der Waals surface area contributed by atoms with Crippen LogP contribution in [0.1, 0.15) is 19.8 Å². The van der Waals surface area contributed by atoms with E-state index in [0.717, 1.165) is 6.42 Å². The van der Waals surface area contributed by atoms with Crippen molar-refractivity contribution in [3.63, 3.8) is 0 Å². The third-order valence-corrected chi connectivity index (χ3v) is 1.59. The van der Waals surface area contributed by atoms with Crippen LogP contribution in [0.2, 0.25) is 0 Å². The summed E-state index contributed by atoms with van der Waals surface area (Å²) in [7, 11) is 0. The highest BCUT2D eigenvalue weighted by Crippen LogP contribution is 2.07. The van der Waals surface area contributed by atoms with Gasteiger partial charge in [-0.15, -0.1) is 0 Å². The Hall–Kier alpha value is -1.39. The maximum atomic E-state index is 11.2. The third kappa shape index (κ3) is 2.54. The zero-order valence-corrected chi connectivity index (χ0v) is 7.37. The molecule has 1 N–H and O–H groups in total. The highest BCUT2D eigenvalue weighted by atomic mass is 16.5. The summed E-state index contributed by atoms with van der Waals surface area (Å²) in [5, 5.41) is 3.41. The maximum absolute atomic E-state index is 11.2. The molecule has 1 atom stereocenters. The van der Waals surface area contributed by atoms with Crippen molar-refractivity contribution < 1.29 is 14.3 Å². The molecule has 13 heavy (non-hydrogen) atoms. The van der Waals surface area contributed by atoms with E-state index in [1.807, 2.05) is 6.92 Å². The van der Waals surface area contributed by atoms with E-state index in [-0.39, 0.29) is 6.42 Å². The number of nitrogens with one attached hydrogen (secondary N) is 1. The lowest BCUT2D eigenvalue weighted by Gasteiger charge is -2.14. The number of ether oxygens (including phenoxy) is 1. The van der Waals surface area contributed by atoms with Gasteiger partial charge in [0.2, 0.25) is 0 Å². The molecule has 0 aliphatic carbocycles. The Balaban J connectivity index is 2.45. The molecule has 1 amide bonds. The number of hydrogen-bond donors (Lipinski definition) is 1. The van der Waals surface area contributed by atoms with E-state index >= 15 is 0 Å². The van der Waals surface area contributed by atoms with Crippen LogP contribution in [0.25, 0.3) is 0 Å². The van der Waals surface area contributed by atoms with E-state index in [4.69, 9.17) is 4.74 Å². The monoisotopic (exact) mass is 183 g/mol. The third-order valence-electron chi connectivity index (χ3n) is 1.59. The Bertz CT molecular complexity index is 238. The first-order chi connectivity index (χ1) is 6.25. The standard InChI is InChI=1S/C8H11N2O3/c1-2-5-13-8(12)6-3-4-9-10-7(6)11/h6H,2-3,5H2,1H3,(H,10,11). The highest BCUT2D eigenvalue weighted by Gasteiger charge is 2.29. The van der Waals surface area contributed by atoms with Crippen LogP contribution < -0.4 is 5.43 Å². The van der Waals surface area contributed by atoms with Crippen LogP contribution >= 0.6 is 0 Å². The van der Waals surface area contributed by atoms with Crippen LogP contribution in [0, 0.1) is 5.92 Å². The molecule has 71 valence electrons. The highest BCUT2D eigenvalue weighted by molar-refractivity contribution is 6.01. The Labute approximate surface area is 76.1 Å². The number of esters is 1. The van der Waals surface area contributed by atoms with Crippen molar-refractivity contribution in [3.8, 4) is 0 Å². The fraction of sp³-hybridized carbons (Fsp3) is 0.625. The van der Waals surface area contributed by atoms with E-state index in [9.17, 15) is 9.59 Å². The van der Waals surface area contributed by atoms with Gasteiger partial charge in [-0.25, -0.2) is 5.43 Å². The Kier molecular flexibility index (Phi) is 3.42. The van der Waals surface area contributed by atoms with Crippen molar-refractivity contribution in [1.29, 1.82) is 0 Å². The van der Waals surface area contributed by atoms with Gasteiger partial charge in [0.1, 0.15) is 5.92 Å². The minimum atomic E-state index is -0.774. The van der Waals surface area contributed by atoms with Gasteiger partial charge in [-0.05, 0) is 6.42 Å². The molecule has 5 heteroatoms. The minimum absolute atomic E-state index is 0.203. The van der Waals surface area contributed by atoms with E-state index < -0.39 is 17.8 Å². The summed E-state index contributed by atoms with van der Waals surface area (Å²) in [4.78, 5) is 22.3. The normalized spacial score (nSPS) is 21.0. The molecular formula is C8H11N2O3. The van der Waals surface area contributed by atoms with Crippen LogP contribution in [0.4, 0.5) is 0 Å². The molecule has 1 radical (unpaired) electrons. The second-order valence-electron chi connectivity index (χ2n) is 2.67. The van der Waals surface area contributed by atoms with Gasteiger partial charge in [0.15, 0.2) is 0 Å². The number of amides is 1. The number of rotatable bonds is 3. The average Bonchev–Trinajstić information content (AvgIpc) is 2.15. The van der Waals surface area contributed by atoms with Crippen LogP contribution in [0.15, 0.2) is 5.10 Å². The summed E-state index contributed by atoms with van der Waals surface area (Å²) in [5.41, 5.74) is 2.16. The number of carbonyl (C=O) groups excluding carboxylic acids is 2. The van der Waals surface area contributed by atoms with E-state index in [0.29, 0.717) is 6.61 Å². The van der Waals surface area contributed by atoms with Gasteiger partial charge in [0.25, 0.3) is 5.91 Å². The van der Waals surface area contributed by atoms with Gasteiger partial charge in [-0.3, -0.25) is 9.59 Å². The SMILES string of the molecule is CCCOC(=O)C1C[C]=NNC1=O. The number of nitrogens with zero attached hydrogens (tertiary/aromatic N) is 1. The molecule has 1 aliphatic heterocycles. The van der Waals surface area contributed by atoms with Gasteiger partial charge in [0.05, 0.1) is 12.8 Å². The number of hydrogen-bond acceptors (Lipinski definition) is 4. The van der Waals surface area contributed by atoms with Gasteiger partial charge in [0, 0.05) is 6.42 Å². The molecule has 0 aromatic heterocycles. The van der Waals surface area contributed by atoms with Crippen LogP contribution in [0.3, 0.4) is 0 Å². The first-order valence-corrected chi connectivity index (χ1v) is 4.14. The second kappa shape index (κ2) is 4.59. The summed E-state index contributed by atoms with van der Waals surface area (Å²) in [6, 6.07) is 0. The van der Waals surface area contributed by atoms with Gasteiger partial charge >= 0.3 is 5.97 Å². The Morgan fingerprint density at radius 1 is 1.85 bits per heavy atom. The van der Waals surface area contributed by atoms with Crippen LogP contribution in [-0.2, 0) is 14.3 Å². The molecule has 1 rings (SSSR count). The van der Waals surface area contributed by atoms with Crippen molar-refractivity contribution in [2.24, 2.45) is 11.0 Å². The zero-order valence-electron chi connectivity index (χ0n) is 7.37. The molecule has 0 fully saturated rings. The first-order valence-electron chi connectivity index (χ1n) is 4.14. The van der Waals surface area contributed by atoms with E-state index in [2.05, 4.69) is 16.7 Å². The van der Waals surface area contributed by atoms with Gasteiger partial charge in [-0.1, -0.05) is 6.92 Å². The minimum Gasteiger partial charge on any atom is -0.465 e. The number of hydrazone groups is 1. The molecule has 1 aliphatic rings. The molecule has 0 aromatic rings. The fourth-order valence-electron chi connectivity index (χ4n) is 0.896. The summed E-state index contributed by atoms with van der Waals surface area (Å²) in [6.45, 7) is 2.24. The van der Waals surface area contributed by atoms with E-state index in [1.165, 1.54) is 0 Å². The topological polar surface area (TPSA) is 67.8 Å². The van der Waals surface area contributed by atoms with Crippen LogP contribution in [-0.4, -0.2) is 24.7 Å². The largest absolute Gasteiger partial charge is 0.465 e. The van der Waals surface area contributed by atoms with Crippen molar-refractivity contribution in [2.45, 2.75) is 19.8 Å². The molecule has 0 saturated heterocycles. The van der Waals surface area contributed by atoms with Gasteiger partial charge in [-0.2, -0.15) is 5.10 Å². The first kappa shape index (κ1) is 9.70. The van der Waals surface area contributed by atoms with Crippen LogP contribution in [0.5, 0.6) is 0 Å². The Morgan fingerprint density at radius 3 is 3.23 bits per heavy atom. The van der Waals surface area contributed by atoms with E-state index in [1.54, 1.807) is 0 Å². The lowest BCUT2D eigenvalue weighted by molar-refractivity contribution is -0.152. The summed E-state index contributed by atoms with van der Waals surface area (Å²) >= 11 is 0. The summed E-state index contributed by atoms with van der Waals surface area (Å²) < 4.78 is 4.82. The van der Waals surface area contributed by atoms with Crippen molar-refractivity contribution in [1.82, 2.24) is 5.43 Å².